The molecule has 0 spiro atoms. The molecule has 0 atom stereocenters. The summed E-state index contributed by atoms with van der Waals surface area (Å²) in [6.07, 6.45) is 1.61. The van der Waals surface area contributed by atoms with Crippen LogP contribution in [-0.2, 0) is 0 Å². The number of pyridine rings is 1. The van der Waals surface area contributed by atoms with Crippen LogP contribution in [-0.4, -0.2) is 4.98 Å². The summed E-state index contributed by atoms with van der Waals surface area (Å²) in [5.41, 5.74) is 6.75. The SMILES string of the molecule is N#Cc1ccc(Oc2ncccc2N)cc1. The Morgan fingerprint density at radius 1 is 1.19 bits per heavy atom. The Labute approximate surface area is 92.9 Å². The minimum Gasteiger partial charge on any atom is -0.437 e. The van der Waals surface area contributed by atoms with Gasteiger partial charge in [-0.15, -0.1) is 0 Å². The van der Waals surface area contributed by atoms with E-state index >= 15 is 0 Å². The second-order valence-corrected chi connectivity index (χ2v) is 3.14. The third-order valence-corrected chi connectivity index (χ3v) is 2.00. The van der Waals surface area contributed by atoms with Gasteiger partial charge < -0.3 is 10.5 Å². The third-order valence-electron chi connectivity index (χ3n) is 2.00. The summed E-state index contributed by atoms with van der Waals surface area (Å²) in [6, 6.07) is 12.2. The predicted octanol–water partition coefficient (Wildman–Crippen LogP) is 2.33. The Kier molecular flexibility index (Phi) is 2.70. The van der Waals surface area contributed by atoms with E-state index in [0.29, 0.717) is 22.9 Å². The van der Waals surface area contributed by atoms with E-state index in [2.05, 4.69) is 4.98 Å². The molecule has 0 amide bonds. The first-order valence-electron chi connectivity index (χ1n) is 4.68. The number of aromatic nitrogens is 1. The Morgan fingerprint density at radius 2 is 1.94 bits per heavy atom. The van der Waals surface area contributed by atoms with Crippen LogP contribution in [0, 0.1) is 11.3 Å². The molecule has 0 unspecified atom stereocenters. The Morgan fingerprint density at radius 3 is 2.56 bits per heavy atom. The van der Waals surface area contributed by atoms with E-state index in [1.165, 1.54) is 0 Å². The molecule has 4 heteroatoms. The lowest BCUT2D eigenvalue weighted by Gasteiger charge is -2.06. The summed E-state index contributed by atoms with van der Waals surface area (Å²) >= 11 is 0. The zero-order chi connectivity index (χ0) is 11.4. The summed E-state index contributed by atoms with van der Waals surface area (Å²) in [6.45, 7) is 0. The van der Waals surface area contributed by atoms with E-state index in [9.17, 15) is 0 Å². The lowest BCUT2D eigenvalue weighted by atomic mass is 10.2. The van der Waals surface area contributed by atoms with Crippen LogP contribution < -0.4 is 10.5 Å². The van der Waals surface area contributed by atoms with Crippen molar-refractivity contribution in [1.29, 1.82) is 5.26 Å². The van der Waals surface area contributed by atoms with Crippen molar-refractivity contribution in [2.45, 2.75) is 0 Å². The molecule has 2 rings (SSSR count). The van der Waals surface area contributed by atoms with Gasteiger partial charge >= 0.3 is 0 Å². The van der Waals surface area contributed by atoms with Gasteiger partial charge in [0, 0.05) is 6.20 Å². The standard InChI is InChI=1S/C12H9N3O/c13-8-9-3-5-10(6-4-9)16-12-11(14)2-1-7-15-12/h1-7H,14H2. The number of ether oxygens (including phenoxy) is 1. The average molecular weight is 211 g/mol. The van der Waals surface area contributed by atoms with Crippen molar-refractivity contribution >= 4 is 5.69 Å². The van der Waals surface area contributed by atoms with Gasteiger partial charge in [0.15, 0.2) is 0 Å². The molecule has 0 saturated carbocycles. The molecule has 0 bridgehead atoms. The van der Waals surface area contributed by atoms with E-state index in [0.717, 1.165) is 0 Å². The van der Waals surface area contributed by atoms with Crippen LogP contribution in [0.2, 0.25) is 0 Å². The average Bonchev–Trinajstić information content (AvgIpc) is 2.33. The third kappa shape index (κ3) is 2.10. The Hall–Kier alpha value is -2.54. The smallest absolute Gasteiger partial charge is 0.242 e. The molecule has 4 nitrogen and oxygen atoms in total. The number of hydrogen-bond donors (Lipinski definition) is 1. The molecule has 0 radical (unpaired) electrons. The molecular formula is C12H9N3O. The maximum absolute atomic E-state index is 8.64. The number of nitrogens with zero attached hydrogens (tertiary/aromatic N) is 2. The van der Waals surface area contributed by atoms with E-state index in [4.69, 9.17) is 15.7 Å². The van der Waals surface area contributed by atoms with Gasteiger partial charge in [-0.05, 0) is 36.4 Å². The highest BCUT2D eigenvalue weighted by Crippen LogP contribution is 2.24. The molecule has 0 saturated heterocycles. The monoisotopic (exact) mass is 211 g/mol. The highest BCUT2D eigenvalue weighted by atomic mass is 16.5. The van der Waals surface area contributed by atoms with Gasteiger partial charge in [0.2, 0.25) is 5.88 Å². The lowest BCUT2D eigenvalue weighted by molar-refractivity contribution is 0.465. The van der Waals surface area contributed by atoms with Crippen molar-refractivity contribution in [2.24, 2.45) is 0 Å². The number of nitrogen functional groups attached to an aromatic ring is 1. The fourth-order valence-electron chi connectivity index (χ4n) is 1.20. The number of nitrogens with two attached hydrogens (primary N) is 1. The minimum atomic E-state index is 0.368. The highest BCUT2D eigenvalue weighted by molar-refractivity contribution is 5.49. The van der Waals surface area contributed by atoms with Crippen LogP contribution in [0.5, 0.6) is 11.6 Å². The first-order chi connectivity index (χ1) is 7.79. The van der Waals surface area contributed by atoms with Crippen LogP contribution >= 0.6 is 0 Å². The largest absolute Gasteiger partial charge is 0.437 e. The van der Waals surface area contributed by atoms with E-state index in [1.54, 1.807) is 42.6 Å². The predicted molar refractivity (Wildman–Crippen MR) is 59.9 cm³/mol. The molecule has 0 aliphatic carbocycles. The highest BCUT2D eigenvalue weighted by Gasteiger charge is 2.02. The van der Waals surface area contributed by atoms with Crippen LogP contribution in [0.4, 0.5) is 5.69 Å². The molecule has 0 aliphatic rings. The molecule has 1 heterocycles. The first kappa shape index (κ1) is 9.99. The summed E-state index contributed by atoms with van der Waals surface area (Å²) in [7, 11) is 0. The van der Waals surface area contributed by atoms with E-state index in [-0.39, 0.29) is 0 Å². The first-order valence-corrected chi connectivity index (χ1v) is 4.68. The van der Waals surface area contributed by atoms with Gasteiger partial charge in [0.05, 0.1) is 17.3 Å². The van der Waals surface area contributed by atoms with E-state index < -0.39 is 0 Å². The Bertz CT molecular complexity index is 529. The van der Waals surface area contributed by atoms with Crippen LogP contribution in [0.25, 0.3) is 0 Å². The maximum Gasteiger partial charge on any atom is 0.242 e. The number of nitriles is 1. The van der Waals surface area contributed by atoms with Crippen molar-refractivity contribution in [3.05, 3.63) is 48.2 Å². The van der Waals surface area contributed by atoms with Gasteiger partial charge in [-0.25, -0.2) is 4.98 Å². The molecule has 2 N–H and O–H groups in total. The van der Waals surface area contributed by atoms with Crippen LogP contribution in [0.15, 0.2) is 42.6 Å². The van der Waals surface area contributed by atoms with Gasteiger partial charge in [-0.1, -0.05) is 0 Å². The number of benzene rings is 1. The van der Waals surface area contributed by atoms with Crippen molar-refractivity contribution in [1.82, 2.24) is 4.98 Å². The molecule has 2 aromatic rings. The molecule has 1 aromatic heterocycles. The van der Waals surface area contributed by atoms with Crippen molar-refractivity contribution in [3.8, 4) is 17.7 Å². The van der Waals surface area contributed by atoms with Crippen LogP contribution in [0.3, 0.4) is 0 Å². The summed E-state index contributed by atoms with van der Waals surface area (Å²) in [5, 5.41) is 8.64. The number of hydrogen-bond acceptors (Lipinski definition) is 4. The maximum atomic E-state index is 8.64. The van der Waals surface area contributed by atoms with Gasteiger partial charge in [0.1, 0.15) is 5.75 Å². The van der Waals surface area contributed by atoms with Gasteiger partial charge in [-0.3, -0.25) is 0 Å². The number of anilines is 1. The van der Waals surface area contributed by atoms with Gasteiger partial charge in [-0.2, -0.15) is 5.26 Å². The lowest BCUT2D eigenvalue weighted by Crippen LogP contribution is -1.94. The van der Waals surface area contributed by atoms with Crippen LogP contribution in [0.1, 0.15) is 5.56 Å². The minimum absolute atomic E-state index is 0.368. The number of rotatable bonds is 2. The molecule has 0 fully saturated rings. The molecular weight excluding hydrogens is 202 g/mol. The second-order valence-electron chi connectivity index (χ2n) is 3.14. The Balaban J connectivity index is 2.22. The van der Waals surface area contributed by atoms with E-state index in [1.807, 2.05) is 6.07 Å². The summed E-state index contributed by atoms with van der Waals surface area (Å²) in [4.78, 5) is 4.00. The molecule has 16 heavy (non-hydrogen) atoms. The zero-order valence-corrected chi connectivity index (χ0v) is 8.42. The second kappa shape index (κ2) is 4.32. The summed E-state index contributed by atoms with van der Waals surface area (Å²) < 4.78 is 5.46. The quantitative estimate of drug-likeness (QED) is 0.827. The normalized spacial score (nSPS) is 9.44. The molecule has 0 aliphatic heterocycles. The molecule has 78 valence electrons. The summed E-state index contributed by atoms with van der Waals surface area (Å²) in [5.74, 6) is 0.969. The topological polar surface area (TPSA) is 71.9 Å². The fraction of sp³-hybridized carbons (Fsp3) is 0. The van der Waals surface area contributed by atoms with Crippen molar-refractivity contribution in [3.63, 3.8) is 0 Å². The fourth-order valence-corrected chi connectivity index (χ4v) is 1.20. The van der Waals surface area contributed by atoms with Crippen molar-refractivity contribution in [2.75, 3.05) is 5.73 Å². The zero-order valence-electron chi connectivity index (χ0n) is 8.42. The van der Waals surface area contributed by atoms with Crippen molar-refractivity contribution < 1.29 is 4.74 Å². The van der Waals surface area contributed by atoms with Gasteiger partial charge in [0.25, 0.3) is 0 Å². The molecule has 1 aromatic carbocycles.